The molecule has 5 aliphatic rings. The molecule has 0 saturated carbocycles. The van der Waals surface area contributed by atoms with Crippen LogP contribution in [0.4, 0.5) is 11.6 Å². The Kier molecular flexibility index (Phi) is 11.0. The second kappa shape index (κ2) is 16.5. The Morgan fingerprint density at radius 1 is 0.852 bits per heavy atom. The number of hydrogen-bond acceptors (Lipinski definition) is 12. The molecule has 3 aromatic carbocycles. The van der Waals surface area contributed by atoms with Gasteiger partial charge in [0.2, 0.25) is 17.8 Å². The van der Waals surface area contributed by atoms with Crippen LogP contribution < -0.4 is 19.9 Å². The second-order valence-corrected chi connectivity index (χ2v) is 17.7. The van der Waals surface area contributed by atoms with E-state index in [9.17, 15) is 24.4 Å². The molecule has 1 aromatic heterocycles. The van der Waals surface area contributed by atoms with Crippen molar-refractivity contribution < 1.29 is 23.9 Å². The van der Waals surface area contributed by atoms with Crippen molar-refractivity contribution in [2.75, 3.05) is 68.7 Å². The van der Waals surface area contributed by atoms with Gasteiger partial charge in [0.05, 0.1) is 28.5 Å². The molecular formula is C46H48ClN9O5. The zero-order chi connectivity index (χ0) is 42.4. The van der Waals surface area contributed by atoms with Crippen LogP contribution in [-0.4, -0.2) is 119 Å². The van der Waals surface area contributed by atoms with E-state index in [1.807, 2.05) is 48.5 Å². The zero-order valence-corrected chi connectivity index (χ0v) is 35.1. The minimum absolute atomic E-state index is 0.0973. The minimum atomic E-state index is -0.966. The summed E-state index contributed by atoms with van der Waals surface area (Å²) in [6.07, 6.45) is 3.09. The Morgan fingerprint density at radius 2 is 1.62 bits per heavy atom. The lowest BCUT2D eigenvalue weighted by Crippen LogP contribution is -2.63. The fraction of sp³-hybridized carbons (Fsp3) is 0.413. The van der Waals surface area contributed by atoms with Crippen molar-refractivity contribution in [1.82, 2.24) is 30.0 Å². The number of halogens is 1. The predicted octanol–water partition coefficient (Wildman–Crippen LogP) is 4.64. The molecule has 0 spiro atoms. The van der Waals surface area contributed by atoms with E-state index in [0.717, 1.165) is 104 Å². The number of anilines is 2. The zero-order valence-electron chi connectivity index (χ0n) is 34.3. The standard InChI is InChI=1S/C46H48ClN9O5/c1-46(2,32-19-30(23-48)20-33(47)21-32)31-3-6-37(7-4-31)61-28-34-11-13-49-45(50-34)54-17-15-53(16-18-54)36-26-52(27-36)24-29-12-14-55(25-29)35-5-8-38-39(22-35)44(60)56(43(38)59)40-9-10-41(57)51-42(40)58/h3-8,11,13,19-22,29,36,40H,9-10,12,14-18,24-28H2,1-2H3,(H,51,57,58). The maximum absolute atomic E-state index is 13.4. The molecule has 0 aliphatic carbocycles. The van der Waals surface area contributed by atoms with Crippen LogP contribution in [0.3, 0.4) is 0 Å². The van der Waals surface area contributed by atoms with Crippen LogP contribution in [0.15, 0.2) is 72.9 Å². The van der Waals surface area contributed by atoms with Gasteiger partial charge >= 0.3 is 0 Å². The van der Waals surface area contributed by atoms with Crippen LogP contribution in [0, 0.1) is 17.2 Å². The summed E-state index contributed by atoms with van der Waals surface area (Å²) >= 11 is 6.30. The SMILES string of the molecule is CC(C)(c1ccc(OCc2ccnc(N3CCN(C4CN(CC5CCN(c6ccc7c(c6)C(=O)N(C6CCC(=O)NC6=O)C7=O)C5)C4)CC3)n2)cc1)c1cc(Cl)cc(C#N)c1. The highest BCUT2D eigenvalue weighted by Crippen LogP contribution is 2.36. The molecule has 4 saturated heterocycles. The van der Waals surface area contributed by atoms with Crippen molar-refractivity contribution in [2.24, 2.45) is 5.92 Å². The molecule has 2 unspecified atom stereocenters. The Bertz CT molecular complexity index is 2420. The molecule has 9 rings (SSSR count). The lowest BCUT2D eigenvalue weighted by atomic mass is 9.78. The number of nitrogens with one attached hydrogen (secondary N) is 1. The number of carbonyl (C=O) groups is 4. The average molecular weight is 842 g/mol. The van der Waals surface area contributed by atoms with Crippen LogP contribution in [0.5, 0.6) is 5.75 Å². The quantitative estimate of drug-likeness (QED) is 0.209. The Labute approximate surface area is 360 Å². The largest absolute Gasteiger partial charge is 0.487 e. The molecule has 314 valence electrons. The number of nitrogens with zero attached hydrogens (tertiary/aromatic N) is 8. The van der Waals surface area contributed by atoms with E-state index in [-0.39, 0.29) is 24.2 Å². The summed E-state index contributed by atoms with van der Waals surface area (Å²) in [4.78, 5) is 70.7. The average Bonchev–Trinajstić information content (AvgIpc) is 3.82. The number of nitriles is 1. The van der Waals surface area contributed by atoms with Crippen molar-refractivity contribution in [3.05, 3.63) is 111 Å². The van der Waals surface area contributed by atoms with Gasteiger partial charge in [-0.1, -0.05) is 37.6 Å². The van der Waals surface area contributed by atoms with E-state index >= 15 is 0 Å². The molecule has 5 aliphatic heterocycles. The highest BCUT2D eigenvalue weighted by atomic mass is 35.5. The fourth-order valence-electron chi connectivity index (χ4n) is 9.37. The summed E-state index contributed by atoms with van der Waals surface area (Å²) in [6.45, 7) is 13.1. The van der Waals surface area contributed by atoms with Gasteiger partial charge in [0.1, 0.15) is 18.4 Å². The van der Waals surface area contributed by atoms with Gasteiger partial charge in [-0.2, -0.15) is 5.26 Å². The number of imide groups is 2. The Morgan fingerprint density at radius 3 is 2.38 bits per heavy atom. The molecule has 4 amide bonds. The summed E-state index contributed by atoms with van der Waals surface area (Å²) < 4.78 is 6.14. The third-order valence-corrected chi connectivity index (χ3v) is 13.3. The van der Waals surface area contributed by atoms with E-state index in [1.165, 1.54) is 0 Å². The number of fused-ring (bicyclic) bond motifs is 1. The molecule has 15 heteroatoms. The molecule has 61 heavy (non-hydrogen) atoms. The summed E-state index contributed by atoms with van der Waals surface area (Å²) in [5, 5.41) is 12.2. The molecule has 6 heterocycles. The summed E-state index contributed by atoms with van der Waals surface area (Å²) in [5.74, 6) is 0.0313. The maximum Gasteiger partial charge on any atom is 0.262 e. The van der Waals surface area contributed by atoms with Crippen molar-refractivity contribution in [2.45, 2.75) is 57.2 Å². The highest BCUT2D eigenvalue weighted by molar-refractivity contribution is 6.30. The number of aromatic nitrogens is 2. The molecule has 14 nitrogen and oxygen atoms in total. The molecule has 4 fully saturated rings. The first kappa shape index (κ1) is 40.5. The third kappa shape index (κ3) is 8.17. The van der Waals surface area contributed by atoms with Crippen molar-refractivity contribution in [3.8, 4) is 11.8 Å². The Balaban J connectivity index is 0.714. The smallest absolute Gasteiger partial charge is 0.262 e. The fourth-order valence-corrected chi connectivity index (χ4v) is 9.61. The first-order chi connectivity index (χ1) is 29.4. The lowest BCUT2D eigenvalue weighted by molar-refractivity contribution is -0.136. The van der Waals surface area contributed by atoms with Crippen LogP contribution >= 0.6 is 11.6 Å². The van der Waals surface area contributed by atoms with Gasteiger partial charge in [-0.15, -0.1) is 0 Å². The molecule has 2 atom stereocenters. The molecule has 0 bridgehead atoms. The normalized spacial score (nSPS) is 21.4. The summed E-state index contributed by atoms with van der Waals surface area (Å²) in [7, 11) is 0. The van der Waals surface area contributed by atoms with E-state index in [0.29, 0.717) is 40.3 Å². The van der Waals surface area contributed by atoms with E-state index in [4.69, 9.17) is 21.3 Å². The monoisotopic (exact) mass is 841 g/mol. The Hall–Kier alpha value is -5.88. The predicted molar refractivity (Wildman–Crippen MR) is 229 cm³/mol. The van der Waals surface area contributed by atoms with Crippen molar-refractivity contribution >= 4 is 46.9 Å². The molecule has 4 aromatic rings. The number of carbonyl (C=O) groups excluding carboxylic acids is 4. The van der Waals surface area contributed by atoms with Gasteiger partial charge in [-0.25, -0.2) is 9.97 Å². The third-order valence-electron chi connectivity index (χ3n) is 13.1. The number of piperazine rings is 1. The first-order valence-electron chi connectivity index (χ1n) is 21.0. The van der Waals surface area contributed by atoms with Gasteiger partial charge in [0, 0.05) is 93.7 Å². The van der Waals surface area contributed by atoms with Crippen LogP contribution in [0.25, 0.3) is 0 Å². The van der Waals surface area contributed by atoms with Crippen LogP contribution in [0.2, 0.25) is 5.02 Å². The van der Waals surface area contributed by atoms with E-state index in [2.05, 4.69) is 49.8 Å². The van der Waals surface area contributed by atoms with Gasteiger partial charge in [0.15, 0.2) is 0 Å². The van der Waals surface area contributed by atoms with E-state index in [1.54, 1.807) is 24.4 Å². The topological polar surface area (TPSA) is 155 Å². The lowest BCUT2D eigenvalue weighted by Gasteiger charge is -2.48. The van der Waals surface area contributed by atoms with Crippen molar-refractivity contribution in [3.63, 3.8) is 0 Å². The van der Waals surface area contributed by atoms with Gasteiger partial charge in [0.25, 0.3) is 11.8 Å². The second-order valence-electron chi connectivity index (χ2n) is 17.3. The number of ether oxygens (including phenoxy) is 1. The van der Waals surface area contributed by atoms with Crippen molar-refractivity contribution in [1.29, 1.82) is 5.26 Å². The molecular weight excluding hydrogens is 794 g/mol. The van der Waals surface area contributed by atoms with E-state index < -0.39 is 23.8 Å². The number of amides is 4. The number of piperidine rings is 1. The minimum Gasteiger partial charge on any atom is -0.487 e. The van der Waals surface area contributed by atoms with Gasteiger partial charge in [-0.3, -0.25) is 39.2 Å². The van der Waals surface area contributed by atoms with Crippen LogP contribution in [-0.2, 0) is 21.6 Å². The number of rotatable bonds is 11. The maximum atomic E-state index is 13.4. The van der Waals surface area contributed by atoms with Crippen LogP contribution in [0.1, 0.15) is 76.2 Å². The highest BCUT2D eigenvalue weighted by Gasteiger charge is 2.45. The van der Waals surface area contributed by atoms with Gasteiger partial charge in [-0.05, 0) is 84.5 Å². The number of likely N-dealkylation sites (tertiary alicyclic amines) is 1. The molecule has 1 N–H and O–H groups in total. The van der Waals surface area contributed by atoms with Gasteiger partial charge < -0.3 is 14.5 Å². The first-order valence-corrected chi connectivity index (χ1v) is 21.4. The molecule has 0 radical (unpaired) electrons. The number of hydrogen-bond donors (Lipinski definition) is 1. The summed E-state index contributed by atoms with van der Waals surface area (Å²) in [5.41, 5.74) is 4.60. The number of benzene rings is 3. The summed E-state index contributed by atoms with van der Waals surface area (Å²) in [6, 6.07) is 22.5.